The van der Waals surface area contributed by atoms with Crippen molar-refractivity contribution < 1.29 is 4.79 Å². The third-order valence-electron chi connectivity index (χ3n) is 4.48. The predicted molar refractivity (Wildman–Crippen MR) is 98.4 cm³/mol. The van der Waals surface area contributed by atoms with Crippen LogP contribution in [0.4, 0.5) is 5.69 Å². The van der Waals surface area contributed by atoms with Gasteiger partial charge >= 0.3 is 0 Å². The lowest BCUT2D eigenvalue weighted by atomic mass is 10.1. The lowest BCUT2D eigenvalue weighted by Gasteiger charge is -2.28. The van der Waals surface area contributed by atoms with Gasteiger partial charge in [-0.25, -0.2) is 0 Å². The van der Waals surface area contributed by atoms with Crippen LogP contribution >= 0.6 is 0 Å². The van der Waals surface area contributed by atoms with Crippen molar-refractivity contribution in [1.82, 2.24) is 10.2 Å². The Hall–Kier alpha value is -2.33. The maximum Gasteiger partial charge on any atom is 0.253 e. The van der Waals surface area contributed by atoms with Crippen molar-refractivity contribution >= 4 is 11.6 Å². The van der Waals surface area contributed by atoms with E-state index in [1.807, 2.05) is 23.1 Å². The average Bonchev–Trinajstić information content (AvgIpc) is 2.67. The Balaban J connectivity index is 1.69. The number of benzene rings is 2. The zero-order valence-electron chi connectivity index (χ0n) is 14.2. The molecular weight excluding hydrogens is 298 g/mol. The van der Waals surface area contributed by atoms with Gasteiger partial charge in [0.1, 0.15) is 0 Å². The van der Waals surface area contributed by atoms with Crippen LogP contribution < -0.4 is 10.2 Å². The van der Waals surface area contributed by atoms with E-state index < -0.39 is 0 Å². The highest BCUT2D eigenvalue weighted by atomic mass is 16.2. The molecule has 126 valence electrons. The van der Waals surface area contributed by atoms with E-state index in [1.54, 1.807) is 0 Å². The Morgan fingerprint density at radius 1 is 1.04 bits per heavy atom. The predicted octanol–water partition coefficient (Wildman–Crippen LogP) is 2.76. The number of hydrogen-bond donors (Lipinski definition) is 1. The molecule has 0 aliphatic carbocycles. The molecule has 0 unspecified atom stereocenters. The monoisotopic (exact) mass is 323 g/mol. The van der Waals surface area contributed by atoms with Gasteiger partial charge in [-0.15, -0.1) is 0 Å². The van der Waals surface area contributed by atoms with Crippen molar-refractivity contribution in [2.75, 3.05) is 37.6 Å². The molecule has 0 radical (unpaired) electrons. The summed E-state index contributed by atoms with van der Waals surface area (Å²) in [6.07, 6.45) is 0. The molecule has 2 aromatic carbocycles. The first kappa shape index (κ1) is 16.5. The molecule has 0 atom stereocenters. The lowest BCUT2D eigenvalue weighted by Crippen LogP contribution is -2.46. The van der Waals surface area contributed by atoms with Gasteiger partial charge in [-0.2, -0.15) is 0 Å². The summed E-state index contributed by atoms with van der Waals surface area (Å²) in [6, 6.07) is 18.5. The second-order valence-electron chi connectivity index (χ2n) is 6.09. The molecule has 4 heteroatoms. The SMILES string of the molecule is CCN(Cc1ccccc1)c1ccc(C(=O)N2CCNCC2)cc1. The van der Waals surface area contributed by atoms with E-state index in [1.165, 1.54) is 5.56 Å². The molecule has 24 heavy (non-hydrogen) atoms. The van der Waals surface area contributed by atoms with Crippen molar-refractivity contribution in [3.05, 3.63) is 65.7 Å². The highest BCUT2D eigenvalue weighted by molar-refractivity contribution is 5.94. The van der Waals surface area contributed by atoms with Gasteiger partial charge in [0.15, 0.2) is 0 Å². The summed E-state index contributed by atoms with van der Waals surface area (Å²) in [4.78, 5) is 16.8. The normalized spacial score (nSPS) is 14.5. The van der Waals surface area contributed by atoms with Crippen molar-refractivity contribution in [3.63, 3.8) is 0 Å². The number of nitrogens with zero attached hydrogens (tertiary/aromatic N) is 2. The number of carbonyl (C=O) groups is 1. The topological polar surface area (TPSA) is 35.6 Å². The van der Waals surface area contributed by atoms with E-state index in [2.05, 4.69) is 53.5 Å². The molecule has 3 rings (SSSR count). The quantitative estimate of drug-likeness (QED) is 0.919. The van der Waals surface area contributed by atoms with Crippen LogP contribution in [-0.2, 0) is 6.54 Å². The van der Waals surface area contributed by atoms with Gasteiger partial charge in [-0.3, -0.25) is 4.79 Å². The van der Waals surface area contributed by atoms with Crippen LogP contribution in [0.25, 0.3) is 0 Å². The first-order chi connectivity index (χ1) is 11.8. The van der Waals surface area contributed by atoms with Crippen molar-refractivity contribution in [2.45, 2.75) is 13.5 Å². The summed E-state index contributed by atoms with van der Waals surface area (Å²) in [5.74, 6) is 0.133. The molecule has 0 spiro atoms. The summed E-state index contributed by atoms with van der Waals surface area (Å²) >= 11 is 0. The number of anilines is 1. The fourth-order valence-electron chi connectivity index (χ4n) is 3.05. The molecule has 0 aromatic heterocycles. The largest absolute Gasteiger partial charge is 0.367 e. The third-order valence-corrected chi connectivity index (χ3v) is 4.48. The van der Waals surface area contributed by atoms with E-state index in [0.717, 1.165) is 50.5 Å². The van der Waals surface area contributed by atoms with Crippen LogP contribution in [0.15, 0.2) is 54.6 Å². The number of carbonyl (C=O) groups excluding carboxylic acids is 1. The minimum absolute atomic E-state index is 0.133. The second-order valence-corrected chi connectivity index (χ2v) is 6.09. The summed E-state index contributed by atoms with van der Waals surface area (Å²) in [5, 5.41) is 3.28. The Morgan fingerprint density at radius 2 is 1.71 bits per heavy atom. The van der Waals surface area contributed by atoms with Gasteiger partial charge in [0.25, 0.3) is 5.91 Å². The molecule has 0 saturated carbocycles. The summed E-state index contributed by atoms with van der Waals surface area (Å²) in [5.41, 5.74) is 3.22. The van der Waals surface area contributed by atoms with Gasteiger partial charge in [0.05, 0.1) is 0 Å². The first-order valence-electron chi connectivity index (χ1n) is 8.67. The van der Waals surface area contributed by atoms with E-state index >= 15 is 0 Å². The molecule has 0 bridgehead atoms. The van der Waals surface area contributed by atoms with Crippen LogP contribution in [0.5, 0.6) is 0 Å². The zero-order valence-corrected chi connectivity index (χ0v) is 14.2. The molecule has 1 fully saturated rings. The van der Waals surface area contributed by atoms with Crippen molar-refractivity contribution in [2.24, 2.45) is 0 Å². The van der Waals surface area contributed by atoms with E-state index in [-0.39, 0.29) is 5.91 Å². The highest BCUT2D eigenvalue weighted by Crippen LogP contribution is 2.19. The number of rotatable bonds is 5. The smallest absolute Gasteiger partial charge is 0.253 e. The molecule has 4 nitrogen and oxygen atoms in total. The maximum atomic E-state index is 12.5. The van der Waals surface area contributed by atoms with Crippen LogP contribution in [0, 0.1) is 0 Å². The van der Waals surface area contributed by atoms with Crippen LogP contribution in [-0.4, -0.2) is 43.5 Å². The standard InChI is InChI=1S/C20H25N3O/c1-2-22(16-17-6-4-3-5-7-17)19-10-8-18(9-11-19)20(24)23-14-12-21-13-15-23/h3-11,21H,2,12-16H2,1H3. The van der Waals surface area contributed by atoms with Crippen molar-refractivity contribution in [1.29, 1.82) is 0 Å². The van der Waals surface area contributed by atoms with Crippen LogP contribution in [0.2, 0.25) is 0 Å². The van der Waals surface area contributed by atoms with Gasteiger partial charge < -0.3 is 15.1 Å². The van der Waals surface area contributed by atoms with Crippen LogP contribution in [0.3, 0.4) is 0 Å². The maximum absolute atomic E-state index is 12.5. The zero-order chi connectivity index (χ0) is 16.8. The second kappa shape index (κ2) is 7.97. The van der Waals surface area contributed by atoms with Gasteiger partial charge in [0, 0.05) is 50.5 Å². The first-order valence-corrected chi connectivity index (χ1v) is 8.67. The molecule has 1 aliphatic rings. The van der Waals surface area contributed by atoms with Crippen LogP contribution in [0.1, 0.15) is 22.8 Å². The van der Waals surface area contributed by atoms with E-state index in [4.69, 9.17) is 0 Å². The minimum atomic E-state index is 0.133. The number of amides is 1. The Bertz CT molecular complexity index is 648. The average molecular weight is 323 g/mol. The fraction of sp³-hybridized carbons (Fsp3) is 0.350. The molecule has 2 aromatic rings. The number of piperazine rings is 1. The number of hydrogen-bond acceptors (Lipinski definition) is 3. The molecule has 1 aliphatic heterocycles. The van der Waals surface area contributed by atoms with Crippen molar-refractivity contribution in [3.8, 4) is 0 Å². The van der Waals surface area contributed by atoms with E-state index in [0.29, 0.717) is 0 Å². The molecule has 1 amide bonds. The van der Waals surface area contributed by atoms with Gasteiger partial charge in [0.2, 0.25) is 0 Å². The molecule has 1 N–H and O–H groups in total. The Morgan fingerprint density at radius 3 is 2.33 bits per heavy atom. The molecule has 1 saturated heterocycles. The van der Waals surface area contributed by atoms with Gasteiger partial charge in [-0.1, -0.05) is 30.3 Å². The molecule has 1 heterocycles. The minimum Gasteiger partial charge on any atom is -0.367 e. The third kappa shape index (κ3) is 3.95. The Labute approximate surface area is 144 Å². The van der Waals surface area contributed by atoms with Gasteiger partial charge in [-0.05, 0) is 36.8 Å². The van der Waals surface area contributed by atoms with E-state index in [9.17, 15) is 4.79 Å². The summed E-state index contributed by atoms with van der Waals surface area (Å²) in [6.45, 7) is 7.30. The molecular formula is C20H25N3O. The fourth-order valence-corrected chi connectivity index (χ4v) is 3.05. The summed E-state index contributed by atoms with van der Waals surface area (Å²) < 4.78 is 0. The number of nitrogens with one attached hydrogen (secondary N) is 1. The summed E-state index contributed by atoms with van der Waals surface area (Å²) in [7, 11) is 0. The highest BCUT2D eigenvalue weighted by Gasteiger charge is 2.18. The Kier molecular flexibility index (Phi) is 5.49. The lowest BCUT2D eigenvalue weighted by molar-refractivity contribution is 0.0736.